The first-order valence-electron chi connectivity index (χ1n) is 7.52. The molecule has 0 aliphatic carbocycles. The van der Waals surface area contributed by atoms with Crippen LogP contribution in [0.25, 0.3) is 0 Å². The van der Waals surface area contributed by atoms with Crippen LogP contribution < -0.4 is 5.32 Å². The number of piperidine rings is 1. The van der Waals surface area contributed by atoms with Gasteiger partial charge >= 0.3 is 6.09 Å². The molecular formula is C15H21ClN4O3. The van der Waals surface area contributed by atoms with Crippen molar-refractivity contribution in [1.82, 2.24) is 20.4 Å². The van der Waals surface area contributed by atoms with Gasteiger partial charge in [-0.2, -0.15) is 0 Å². The van der Waals surface area contributed by atoms with Gasteiger partial charge in [0.15, 0.2) is 10.8 Å². The van der Waals surface area contributed by atoms with E-state index >= 15 is 0 Å². The lowest BCUT2D eigenvalue weighted by atomic mass is 10.1. The predicted octanol–water partition coefficient (Wildman–Crippen LogP) is 2.26. The van der Waals surface area contributed by atoms with Gasteiger partial charge in [0, 0.05) is 19.1 Å². The Morgan fingerprint density at radius 1 is 1.35 bits per heavy atom. The Kier molecular flexibility index (Phi) is 5.41. The third-order valence-electron chi connectivity index (χ3n) is 3.28. The monoisotopic (exact) mass is 340 g/mol. The maximum Gasteiger partial charge on any atom is 0.407 e. The molecule has 2 amide bonds. The van der Waals surface area contributed by atoms with Crippen LogP contribution in [-0.4, -0.2) is 51.8 Å². The molecule has 7 nitrogen and oxygen atoms in total. The summed E-state index contributed by atoms with van der Waals surface area (Å²) in [6.07, 6.45) is 1.13. The van der Waals surface area contributed by atoms with Crippen LogP contribution in [0, 0.1) is 0 Å². The van der Waals surface area contributed by atoms with Gasteiger partial charge < -0.3 is 15.0 Å². The number of ether oxygens (including phenoxy) is 1. The van der Waals surface area contributed by atoms with E-state index in [1.165, 1.54) is 6.07 Å². The van der Waals surface area contributed by atoms with Crippen molar-refractivity contribution in [2.24, 2.45) is 0 Å². The first-order valence-corrected chi connectivity index (χ1v) is 7.90. The summed E-state index contributed by atoms with van der Waals surface area (Å²) >= 11 is 5.68. The molecule has 1 aliphatic heterocycles. The lowest BCUT2D eigenvalue weighted by Crippen LogP contribution is -2.50. The molecule has 1 fully saturated rings. The minimum Gasteiger partial charge on any atom is -0.444 e. The highest BCUT2D eigenvalue weighted by Crippen LogP contribution is 2.14. The Labute approximate surface area is 140 Å². The summed E-state index contributed by atoms with van der Waals surface area (Å²) < 4.78 is 5.24. The van der Waals surface area contributed by atoms with Crippen molar-refractivity contribution in [2.75, 3.05) is 13.1 Å². The SMILES string of the molecule is CC(C)(C)OC(=O)NC1CCCN(C(=O)c2ccc(Cl)nn2)C1. The number of nitrogens with zero attached hydrogens (tertiary/aromatic N) is 3. The van der Waals surface area contributed by atoms with Crippen LogP contribution in [0.15, 0.2) is 12.1 Å². The largest absolute Gasteiger partial charge is 0.444 e. The molecule has 1 N–H and O–H groups in total. The second-order valence-electron chi connectivity index (χ2n) is 6.48. The van der Waals surface area contributed by atoms with Crippen LogP contribution in [0.5, 0.6) is 0 Å². The van der Waals surface area contributed by atoms with Gasteiger partial charge in [0.1, 0.15) is 5.60 Å². The highest BCUT2D eigenvalue weighted by atomic mass is 35.5. The summed E-state index contributed by atoms with van der Waals surface area (Å²) in [5.41, 5.74) is -0.306. The van der Waals surface area contributed by atoms with Gasteiger partial charge in [-0.1, -0.05) is 11.6 Å². The van der Waals surface area contributed by atoms with Crippen molar-refractivity contribution in [1.29, 1.82) is 0 Å². The molecule has 0 aromatic carbocycles. The summed E-state index contributed by atoms with van der Waals surface area (Å²) in [5, 5.41) is 10.5. The highest BCUT2D eigenvalue weighted by molar-refractivity contribution is 6.29. The first-order chi connectivity index (χ1) is 10.7. The fourth-order valence-electron chi connectivity index (χ4n) is 2.35. The average molecular weight is 341 g/mol. The van der Waals surface area contributed by atoms with E-state index in [1.807, 2.05) is 20.8 Å². The first kappa shape index (κ1) is 17.5. The normalized spacial score (nSPS) is 18.4. The molecule has 2 heterocycles. The van der Waals surface area contributed by atoms with Crippen molar-refractivity contribution >= 4 is 23.6 Å². The van der Waals surface area contributed by atoms with Crippen molar-refractivity contribution < 1.29 is 14.3 Å². The molecule has 1 aromatic heterocycles. The summed E-state index contributed by atoms with van der Waals surface area (Å²) in [5.74, 6) is -0.218. The van der Waals surface area contributed by atoms with Crippen LogP contribution in [0.1, 0.15) is 44.1 Å². The Morgan fingerprint density at radius 2 is 2.09 bits per heavy atom. The van der Waals surface area contributed by atoms with Crippen LogP contribution in [0.3, 0.4) is 0 Å². The molecule has 2 rings (SSSR count). The summed E-state index contributed by atoms with van der Waals surface area (Å²) in [6, 6.07) is 2.94. The second kappa shape index (κ2) is 7.12. The number of likely N-dealkylation sites (tertiary alicyclic amines) is 1. The van der Waals surface area contributed by atoms with E-state index in [0.29, 0.717) is 13.1 Å². The number of carbonyl (C=O) groups excluding carboxylic acids is 2. The van der Waals surface area contributed by atoms with Gasteiger partial charge in [0.05, 0.1) is 0 Å². The summed E-state index contributed by atoms with van der Waals surface area (Å²) in [7, 11) is 0. The van der Waals surface area contributed by atoms with E-state index in [2.05, 4.69) is 15.5 Å². The van der Waals surface area contributed by atoms with E-state index in [-0.39, 0.29) is 22.8 Å². The molecule has 1 unspecified atom stereocenters. The average Bonchev–Trinajstić information content (AvgIpc) is 2.45. The number of nitrogens with one attached hydrogen (secondary N) is 1. The third-order valence-corrected chi connectivity index (χ3v) is 3.48. The second-order valence-corrected chi connectivity index (χ2v) is 6.87. The summed E-state index contributed by atoms with van der Waals surface area (Å²) in [6.45, 7) is 6.46. The van der Waals surface area contributed by atoms with Crippen LogP contribution in [-0.2, 0) is 4.74 Å². The van der Waals surface area contributed by atoms with Crippen LogP contribution >= 0.6 is 11.6 Å². The van der Waals surface area contributed by atoms with E-state index in [0.717, 1.165) is 12.8 Å². The number of carbonyl (C=O) groups is 2. The molecule has 0 bridgehead atoms. The Balaban J connectivity index is 1.94. The van der Waals surface area contributed by atoms with Gasteiger partial charge in [-0.3, -0.25) is 4.79 Å². The quantitative estimate of drug-likeness (QED) is 0.892. The Hall–Kier alpha value is -1.89. The zero-order valence-electron chi connectivity index (χ0n) is 13.5. The maximum atomic E-state index is 12.4. The number of aromatic nitrogens is 2. The van der Waals surface area contributed by atoms with E-state index in [1.54, 1.807) is 11.0 Å². The van der Waals surface area contributed by atoms with Crippen molar-refractivity contribution in [3.05, 3.63) is 23.0 Å². The smallest absolute Gasteiger partial charge is 0.407 e. The molecule has 0 radical (unpaired) electrons. The van der Waals surface area contributed by atoms with Crippen LogP contribution in [0.4, 0.5) is 4.79 Å². The lowest BCUT2D eigenvalue weighted by molar-refractivity contribution is 0.0451. The third kappa shape index (κ3) is 5.35. The highest BCUT2D eigenvalue weighted by Gasteiger charge is 2.27. The molecular weight excluding hydrogens is 320 g/mol. The van der Waals surface area contributed by atoms with Gasteiger partial charge in [0.2, 0.25) is 0 Å². The van der Waals surface area contributed by atoms with E-state index in [9.17, 15) is 9.59 Å². The van der Waals surface area contributed by atoms with E-state index < -0.39 is 11.7 Å². The Morgan fingerprint density at radius 3 is 2.70 bits per heavy atom. The molecule has 8 heteroatoms. The number of amides is 2. The summed E-state index contributed by atoms with van der Waals surface area (Å²) in [4.78, 5) is 25.9. The van der Waals surface area contributed by atoms with Gasteiger partial charge in [-0.05, 0) is 45.7 Å². The molecule has 1 atom stereocenters. The fourth-order valence-corrected chi connectivity index (χ4v) is 2.45. The minimum atomic E-state index is -0.548. The van der Waals surface area contributed by atoms with Crippen LogP contribution in [0.2, 0.25) is 5.15 Å². The topological polar surface area (TPSA) is 84.4 Å². The standard InChI is InChI=1S/C15H21ClN4O3/c1-15(2,3)23-14(22)17-10-5-4-8-20(9-10)13(21)11-6-7-12(16)19-18-11/h6-7,10H,4-5,8-9H2,1-3H3,(H,17,22). The lowest BCUT2D eigenvalue weighted by Gasteiger charge is -2.33. The number of alkyl carbamates (subject to hydrolysis) is 1. The zero-order valence-corrected chi connectivity index (χ0v) is 14.3. The number of hydrogen-bond donors (Lipinski definition) is 1. The minimum absolute atomic E-state index is 0.136. The van der Waals surface area contributed by atoms with Crippen molar-refractivity contribution in [2.45, 2.75) is 45.3 Å². The number of rotatable bonds is 2. The van der Waals surface area contributed by atoms with Gasteiger partial charge in [-0.15, -0.1) is 10.2 Å². The molecule has 0 saturated carbocycles. The molecule has 126 valence electrons. The van der Waals surface area contributed by atoms with Gasteiger partial charge in [-0.25, -0.2) is 4.79 Å². The molecule has 23 heavy (non-hydrogen) atoms. The number of hydrogen-bond acceptors (Lipinski definition) is 5. The van der Waals surface area contributed by atoms with Crippen molar-refractivity contribution in [3.8, 4) is 0 Å². The van der Waals surface area contributed by atoms with Crippen molar-refractivity contribution in [3.63, 3.8) is 0 Å². The Bertz CT molecular complexity index is 571. The zero-order chi connectivity index (χ0) is 17.0. The van der Waals surface area contributed by atoms with Gasteiger partial charge in [0.25, 0.3) is 5.91 Å². The number of halogens is 1. The maximum absolute atomic E-state index is 12.4. The van der Waals surface area contributed by atoms with E-state index in [4.69, 9.17) is 16.3 Å². The molecule has 1 aliphatic rings. The molecule has 1 saturated heterocycles. The fraction of sp³-hybridized carbons (Fsp3) is 0.600. The predicted molar refractivity (Wildman–Crippen MR) is 85.3 cm³/mol. The molecule has 1 aromatic rings. The molecule has 0 spiro atoms.